The molecule has 5 heteroatoms. The lowest BCUT2D eigenvalue weighted by Gasteiger charge is -2.26. The molecule has 0 bridgehead atoms. The Morgan fingerprint density at radius 3 is 2.33 bits per heavy atom. The Bertz CT molecular complexity index is 284. The molecule has 0 atom stereocenters. The van der Waals surface area contributed by atoms with E-state index >= 15 is 0 Å². The third-order valence-electron chi connectivity index (χ3n) is 3.54. The molecule has 1 amide bonds. The molecule has 2 N–H and O–H groups in total. The van der Waals surface area contributed by atoms with Crippen molar-refractivity contribution in [1.29, 1.82) is 0 Å². The molecule has 0 unspecified atom stereocenters. The van der Waals surface area contributed by atoms with Crippen LogP contribution in [-0.4, -0.2) is 49.1 Å². The van der Waals surface area contributed by atoms with Gasteiger partial charge in [0.25, 0.3) is 0 Å². The second-order valence-corrected chi connectivity index (χ2v) is 5.41. The Kier molecular flexibility index (Phi) is 6.12. The van der Waals surface area contributed by atoms with Gasteiger partial charge in [-0.2, -0.15) is 0 Å². The minimum atomic E-state index is -0.728. The van der Waals surface area contributed by atoms with Gasteiger partial charge in [0.1, 0.15) is 0 Å². The Morgan fingerprint density at radius 1 is 1.22 bits per heavy atom. The van der Waals surface area contributed by atoms with Gasteiger partial charge in [-0.25, -0.2) is 0 Å². The van der Waals surface area contributed by atoms with E-state index in [1.165, 1.54) is 0 Å². The first-order chi connectivity index (χ1) is 8.49. The lowest BCUT2D eigenvalue weighted by atomic mass is 9.80. The van der Waals surface area contributed by atoms with Gasteiger partial charge < -0.3 is 15.3 Å². The molecule has 0 aromatic heterocycles. The number of nitrogens with zero attached hydrogens (tertiary/aromatic N) is 1. The summed E-state index contributed by atoms with van der Waals surface area (Å²) in [5.41, 5.74) is 0. The maximum absolute atomic E-state index is 11.9. The summed E-state index contributed by atoms with van der Waals surface area (Å²) in [6, 6.07) is 0. The first-order valence-corrected chi connectivity index (χ1v) is 6.63. The van der Waals surface area contributed by atoms with Gasteiger partial charge in [0.05, 0.1) is 0 Å². The summed E-state index contributed by atoms with van der Waals surface area (Å²) in [7, 11) is 3.95. The van der Waals surface area contributed by atoms with E-state index in [0.717, 1.165) is 32.2 Å². The molecule has 0 saturated heterocycles. The Labute approximate surface area is 109 Å². The minimum absolute atomic E-state index is 0.0807. The number of carbonyl (C=O) groups excluding carboxylic acids is 1. The molecule has 1 fully saturated rings. The summed E-state index contributed by atoms with van der Waals surface area (Å²) < 4.78 is 0. The lowest BCUT2D eigenvalue weighted by molar-refractivity contribution is -0.138. The fourth-order valence-electron chi connectivity index (χ4n) is 2.42. The molecule has 0 aliphatic heterocycles. The highest BCUT2D eigenvalue weighted by Crippen LogP contribution is 2.30. The summed E-state index contributed by atoms with van der Waals surface area (Å²) in [5.74, 6) is -0.259. The van der Waals surface area contributed by atoms with Crippen LogP contribution in [0.4, 0.5) is 0 Å². The van der Waals surface area contributed by atoms with Gasteiger partial charge in [0.15, 0.2) is 0 Å². The van der Waals surface area contributed by atoms with Gasteiger partial charge in [-0.05, 0) is 45.7 Å². The number of carboxylic acids is 1. The Morgan fingerprint density at radius 2 is 1.83 bits per heavy atom. The van der Waals surface area contributed by atoms with Crippen molar-refractivity contribution in [3.8, 4) is 0 Å². The number of rotatable bonds is 6. The van der Waals surface area contributed by atoms with E-state index in [1.807, 2.05) is 19.0 Å². The predicted octanol–water partition coefficient (Wildman–Crippen LogP) is 0.945. The average Bonchev–Trinajstić information content (AvgIpc) is 2.28. The first-order valence-electron chi connectivity index (χ1n) is 6.63. The summed E-state index contributed by atoms with van der Waals surface area (Å²) in [6.07, 6.45) is 3.61. The second-order valence-electron chi connectivity index (χ2n) is 5.41. The molecule has 0 radical (unpaired) electrons. The Balaban J connectivity index is 2.21. The molecule has 1 aliphatic rings. The zero-order valence-corrected chi connectivity index (χ0v) is 11.3. The van der Waals surface area contributed by atoms with Gasteiger partial charge >= 0.3 is 5.97 Å². The van der Waals surface area contributed by atoms with Crippen molar-refractivity contribution >= 4 is 11.9 Å². The molecule has 1 rings (SSSR count). The van der Waals surface area contributed by atoms with E-state index in [0.29, 0.717) is 6.54 Å². The van der Waals surface area contributed by atoms with E-state index in [2.05, 4.69) is 5.32 Å². The van der Waals surface area contributed by atoms with Gasteiger partial charge in [-0.1, -0.05) is 0 Å². The van der Waals surface area contributed by atoms with Crippen LogP contribution in [0.1, 0.15) is 32.1 Å². The maximum atomic E-state index is 11.9. The highest BCUT2D eigenvalue weighted by molar-refractivity contribution is 5.78. The van der Waals surface area contributed by atoms with Crippen LogP contribution in [0, 0.1) is 11.8 Å². The number of hydrogen-bond donors (Lipinski definition) is 2. The number of aliphatic carboxylic acids is 1. The van der Waals surface area contributed by atoms with Crippen LogP contribution in [-0.2, 0) is 9.59 Å². The largest absolute Gasteiger partial charge is 0.481 e. The van der Waals surface area contributed by atoms with Crippen molar-refractivity contribution in [3.05, 3.63) is 0 Å². The maximum Gasteiger partial charge on any atom is 0.303 e. The van der Waals surface area contributed by atoms with Gasteiger partial charge in [-0.15, -0.1) is 0 Å². The summed E-state index contributed by atoms with van der Waals surface area (Å²) in [5, 5.41) is 11.7. The van der Waals surface area contributed by atoms with E-state index in [9.17, 15) is 9.59 Å². The normalized spacial score (nSPS) is 23.9. The lowest BCUT2D eigenvalue weighted by Crippen LogP contribution is -2.37. The van der Waals surface area contributed by atoms with E-state index in [4.69, 9.17) is 5.11 Å². The number of likely N-dealkylation sites (N-methyl/N-ethyl adjacent to an activating group) is 1. The summed E-state index contributed by atoms with van der Waals surface area (Å²) >= 11 is 0. The molecule has 5 nitrogen and oxygen atoms in total. The van der Waals surface area contributed by atoms with E-state index in [1.54, 1.807) is 0 Å². The van der Waals surface area contributed by atoms with Crippen LogP contribution in [0.5, 0.6) is 0 Å². The van der Waals surface area contributed by atoms with Crippen LogP contribution in [0.15, 0.2) is 0 Å². The number of amides is 1. The van der Waals surface area contributed by atoms with Crippen molar-refractivity contribution in [2.75, 3.05) is 27.2 Å². The standard InChI is InChI=1S/C13H24N2O3/c1-15(2)8-7-14-13(18)11-5-3-10(4-6-11)9-12(16)17/h10-11H,3-9H2,1-2H3,(H,14,18)(H,16,17). The van der Waals surface area contributed by atoms with Crippen molar-refractivity contribution in [2.45, 2.75) is 32.1 Å². The van der Waals surface area contributed by atoms with Gasteiger partial charge in [-0.3, -0.25) is 9.59 Å². The first kappa shape index (κ1) is 15.0. The molecular weight excluding hydrogens is 232 g/mol. The molecule has 1 saturated carbocycles. The van der Waals surface area contributed by atoms with Crippen molar-refractivity contribution < 1.29 is 14.7 Å². The van der Waals surface area contributed by atoms with Gasteiger partial charge in [0.2, 0.25) is 5.91 Å². The zero-order valence-electron chi connectivity index (χ0n) is 11.3. The third kappa shape index (κ3) is 5.49. The monoisotopic (exact) mass is 256 g/mol. The van der Waals surface area contributed by atoms with Crippen molar-refractivity contribution in [3.63, 3.8) is 0 Å². The molecule has 0 aromatic carbocycles. The number of hydrogen-bond acceptors (Lipinski definition) is 3. The van der Waals surface area contributed by atoms with Gasteiger partial charge in [0, 0.05) is 25.4 Å². The number of nitrogens with one attached hydrogen (secondary N) is 1. The molecule has 1 aliphatic carbocycles. The molecular formula is C13H24N2O3. The number of carboxylic acid groups (broad SMARTS) is 1. The summed E-state index contributed by atoms with van der Waals surface area (Å²) in [6.45, 7) is 1.53. The van der Waals surface area contributed by atoms with Crippen molar-refractivity contribution in [1.82, 2.24) is 10.2 Å². The topological polar surface area (TPSA) is 69.6 Å². The second kappa shape index (κ2) is 7.36. The Hall–Kier alpha value is -1.10. The SMILES string of the molecule is CN(C)CCNC(=O)C1CCC(CC(=O)O)CC1. The molecule has 104 valence electrons. The molecule has 0 heterocycles. The third-order valence-corrected chi connectivity index (χ3v) is 3.54. The molecule has 18 heavy (non-hydrogen) atoms. The summed E-state index contributed by atoms with van der Waals surface area (Å²) in [4.78, 5) is 24.5. The quantitative estimate of drug-likeness (QED) is 0.742. The highest BCUT2D eigenvalue weighted by Gasteiger charge is 2.27. The van der Waals surface area contributed by atoms with Crippen LogP contribution in [0.25, 0.3) is 0 Å². The number of carbonyl (C=O) groups is 2. The fraction of sp³-hybridized carbons (Fsp3) is 0.846. The van der Waals surface area contributed by atoms with Crippen LogP contribution in [0.3, 0.4) is 0 Å². The predicted molar refractivity (Wildman–Crippen MR) is 69.3 cm³/mol. The smallest absolute Gasteiger partial charge is 0.303 e. The average molecular weight is 256 g/mol. The molecule has 0 spiro atoms. The zero-order chi connectivity index (χ0) is 13.5. The van der Waals surface area contributed by atoms with E-state index < -0.39 is 5.97 Å². The molecule has 0 aromatic rings. The van der Waals surface area contributed by atoms with E-state index in [-0.39, 0.29) is 24.2 Å². The van der Waals surface area contributed by atoms with Crippen LogP contribution < -0.4 is 5.32 Å². The highest BCUT2D eigenvalue weighted by atomic mass is 16.4. The minimum Gasteiger partial charge on any atom is -0.481 e. The fourth-order valence-corrected chi connectivity index (χ4v) is 2.42. The van der Waals surface area contributed by atoms with Crippen LogP contribution >= 0.6 is 0 Å². The van der Waals surface area contributed by atoms with Crippen LogP contribution in [0.2, 0.25) is 0 Å². The van der Waals surface area contributed by atoms with Crippen molar-refractivity contribution in [2.24, 2.45) is 11.8 Å².